The second kappa shape index (κ2) is 9.62. The Kier molecular flexibility index (Phi) is 6.46. The normalized spacial score (nSPS) is 10.7. The van der Waals surface area contributed by atoms with E-state index in [2.05, 4.69) is 5.32 Å². The van der Waals surface area contributed by atoms with Gasteiger partial charge in [0.2, 0.25) is 0 Å². The number of nitrogens with one attached hydrogen (secondary N) is 1. The van der Waals surface area contributed by atoms with E-state index in [-0.39, 0.29) is 23.0 Å². The first-order chi connectivity index (χ1) is 15.9. The quantitative estimate of drug-likeness (QED) is 0.318. The lowest BCUT2D eigenvalue weighted by Crippen LogP contribution is -2.23. The van der Waals surface area contributed by atoms with E-state index >= 15 is 0 Å². The number of nitrogens with zero attached hydrogens (tertiary/aromatic N) is 2. The second-order valence-corrected chi connectivity index (χ2v) is 8.50. The van der Waals surface area contributed by atoms with Gasteiger partial charge in [0.05, 0.1) is 11.5 Å². The number of carbonyl (C=O) groups excluding carboxylic acids is 1. The van der Waals surface area contributed by atoms with Crippen molar-refractivity contribution in [2.45, 2.75) is 20.0 Å². The summed E-state index contributed by atoms with van der Waals surface area (Å²) in [7, 11) is 0. The summed E-state index contributed by atoms with van der Waals surface area (Å²) < 4.78 is 1.59. The van der Waals surface area contributed by atoms with Crippen LogP contribution in [-0.4, -0.2) is 15.4 Å². The Labute approximate surface area is 194 Å². The van der Waals surface area contributed by atoms with Gasteiger partial charge in [0, 0.05) is 24.4 Å². The molecule has 33 heavy (non-hydrogen) atoms. The highest BCUT2D eigenvalue weighted by Crippen LogP contribution is 2.20. The fourth-order valence-corrected chi connectivity index (χ4v) is 4.44. The van der Waals surface area contributed by atoms with Crippen LogP contribution in [0.4, 0.5) is 5.69 Å². The number of nitro groups is 1. The van der Waals surface area contributed by atoms with Crippen LogP contribution in [0.1, 0.15) is 26.5 Å². The van der Waals surface area contributed by atoms with Gasteiger partial charge in [0.1, 0.15) is 4.88 Å². The Bertz CT molecular complexity index is 1360. The summed E-state index contributed by atoms with van der Waals surface area (Å²) in [5.74, 6) is -0.376. The van der Waals surface area contributed by atoms with Gasteiger partial charge in [-0.1, -0.05) is 78.1 Å². The zero-order chi connectivity index (χ0) is 23.4. The molecule has 1 amide bonds. The molecule has 0 bridgehead atoms. The van der Waals surface area contributed by atoms with Crippen molar-refractivity contribution in [2.24, 2.45) is 0 Å². The first-order valence-electron chi connectivity index (χ1n) is 10.3. The van der Waals surface area contributed by atoms with E-state index in [4.69, 9.17) is 0 Å². The maximum atomic E-state index is 12.7. The summed E-state index contributed by atoms with van der Waals surface area (Å²) >= 11 is 0.899. The summed E-state index contributed by atoms with van der Waals surface area (Å²) in [5.41, 5.74) is 4.34. The monoisotopic (exact) mass is 459 g/mol. The summed E-state index contributed by atoms with van der Waals surface area (Å²) in [6.07, 6.45) is 0. The predicted molar refractivity (Wildman–Crippen MR) is 129 cm³/mol. The van der Waals surface area contributed by atoms with Gasteiger partial charge in [-0.15, -0.1) is 0 Å². The van der Waals surface area contributed by atoms with E-state index in [9.17, 15) is 19.7 Å². The first kappa shape index (κ1) is 22.2. The lowest BCUT2D eigenvalue weighted by Gasteiger charge is -2.08. The van der Waals surface area contributed by atoms with Gasteiger partial charge in [-0.25, -0.2) is 0 Å². The molecule has 166 valence electrons. The third-order valence-corrected chi connectivity index (χ3v) is 6.41. The van der Waals surface area contributed by atoms with Crippen LogP contribution in [0.15, 0.2) is 83.7 Å². The molecule has 8 heteroatoms. The van der Waals surface area contributed by atoms with Crippen LogP contribution >= 0.6 is 11.3 Å². The molecule has 1 heterocycles. The third kappa shape index (κ3) is 5.07. The number of thiazole rings is 1. The first-order valence-corrected chi connectivity index (χ1v) is 11.1. The lowest BCUT2D eigenvalue weighted by molar-refractivity contribution is -0.384. The van der Waals surface area contributed by atoms with Crippen molar-refractivity contribution < 1.29 is 9.72 Å². The fraction of sp³-hybridized carbons (Fsp3) is 0.120. The molecule has 0 saturated heterocycles. The van der Waals surface area contributed by atoms with Crippen LogP contribution in [0.3, 0.4) is 0 Å². The Balaban J connectivity index is 1.46. The average Bonchev–Trinajstić information content (AvgIpc) is 3.12. The van der Waals surface area contributed by atoms with E-state index in [1.165, 1.54) is 12.1 Å². The number of aromatic nitrogens is 1. The molecule has 0 unspecified atom stereocenters. The SMILES string of the molecule is Cc1c(C(=O)NCc2cccc([N+](=O)[O-])c2)sc(=O)n1Cc1ccc(-c2ccccc2)cc1. The number of amides is 1. The van der Waals surface area contributed by atoms with E-state index in [0.717, 1.165) is 28.0 Å². The number of benzene rings is 3. The average molecular weight is 460 g/mol. The van der Waals surface area contributed by atoms with E-state index < -0.39 is 4.92 Å². The minimum absolute atomic E-state index is 0.0352. The minimum Gasteiger partial charge on any atom is -0.347 e. The summed E-state index contributed by atoms with van der Waals surface area (Å²) in [4.78, 5) is 35.8. The molecule has 0 saturated carbocycles. The molecular weight excluding hydrogens is 438 g/mol. The van der Waals surface area contributed by atoms with Crippen LogP contribution in [0, 0.1) is 17.0 Å². The van der Waals surface area contributed by atoms with Crippen molar-refractivity contribution in [1.82, 2.24) is 9.88 Å². The van der Waals surface area contributed by atoms with Crippen molar-refractivity contribution in [2.75, 3.05) is 0 Å². The lowest BCUT2D eigenvalue weighted by atomic mass is 10.0. The highest BCUT2D eigenvalue weighted by atomic mass is 32.1. The van der Waals surface area contributed by atoms with Crippen LogP contribution in [-0.2, 0) is 13.1 Å². The molecular formula is C25H21N3O4S. The number of nitro benzene ring substituents is 1. The summed E-state index contributed by atoms with van der Waals surface area (Å²) in [5, 5.41) is 13.7. The molecule has 1 aromatic heterocycles. The van der Waals surface area contributed by atoms with E-state index in [1.54, 1.807) is 23.6 Å². The number of rotatable bonds is 7. The number of hydrogen-bond acceptors (Lipinski definition) is 5. The van der Waals surface area contributed by atoms with Crippen LogP contribution in [0.2, 0.25) is 0 Å². The Morgan fingerprint density at radius 3 is 2.36 bits per heavy atom. The zero-order valence-corrected chi connectivity index (χ0v) is 18.7. The van der Waals surface area contributed by atoms with Gasteiger partial charge in [-0.3, -0.25) is 24.3 Å². The molecule has 0 atom stereocenters. The number of carbonyl (C=O) groups is 1. The summed E-state index contributed by atoms with van der Waals surface area (Å²) in [6, 6.07) is 24.1. The molecule has 0 fully saturated rings. The Morgan fingerprint density at radius 1 is 0.970 bits per heavy atom. The third-order valence-electron chi connectivity index (χ3n) is 5.33. The molecule has 3 aromatic carbocycles. The Morgan fingerprint density at radius 2 is 1.67 bits per heavy atom. The van der Waals surface area contributed by atoms with Gasteiger partial charge in [0.25, 0.3) is 11.6 Å². The van der Waals surface area contributed by atoms with Crippen molar-refractivity contribution in [3.63, 3.8) is 0 Å². The maximum Gasteiger partial charge on any atom is 0.308 e. The molecule has 0 spiro atoms. The van der Waals surface area contributed by atoms with Crippen molar-refractivity contribution in [3.05, 3.63) is 120 Å². The van der Waals surface area contributed by atoms with Crippen LogP contribution in [0.25, 0.3) is 11.1 Å². The zero-order valence-electron chi connectivity index (χ0n) is 17.9. The van der Waals surface area contributed by atoms with E-state index in [0.29, 0.717) is 22.7 Å². The molecule has 4 aromatic rings. The topological polar surface area (TPSA) is 94.2 Å². The van der Waals surface area contributed by atoms with Crippen LogP contribution < -0.4 is 10.2 Å². The molecule has 0 aliphatic carbocycles. The Hall–Kier alpha value is -4.04. The largest absolute Gasteiger partial charge is 0.347 e. The maximum absolute atomic E-state index is 12.7. The predicted octanol–water partition coefficient (Wildman–Crippen LogP) is 4.77. The van der Waals surface area contributed by atoms with Gasteiger partial charge in [0.15, 0.2) is 0 Å². The van der Waals surface area contributed by atoms with E-state index in [1.807, 2.05) is 54.6 Å². The van der Waals surface area contributed by atoms with Crippen molar-refractivity contribution >= 4 is 22.9 Å². The fourth-order valence-electron chi connectivity index (χ4n) is 3.53. The van der Waals surface area contributed by atoms with Gasteiger partial charge < -0.3 is 5.32 Å². The molecule has 4 rings (SSSR count). The second-order valence-electron chi connectivity index (χ2n) is 7.54. The molecule has 0 aliphatic rings. The number of non-ortho nitro benzene ring substituents is 1. The van der Waals surface area contributed by atoms with Crippen LogP contribution in [0.5, 0.6) is 0 Å². The molecule has 0 aliphatic heterocycles. The van der Waals surface area contributed by atoms with Gasteiger partial charge in [-0.05, 0) is 29.2 Å². The standard InChI is InChI=1S/C25H21N3O4S/c1-17-23(24(29)26-15-19-6-5-9-22(14-19)28(31)32)33-25(30)27(17)16-18-10-12-21(13-11-18)20-7-3-2-4-8-20/h2-14H,15-16H2,1H3,(H,26,29). The smallest absolute Gasteiger partial charge is 0.308 e. The molecule has 7 nitrogen and oxygen atoms in total. The number of hydrogen-bond donors (Lipinski definition) is 1. The van der Waals surface area contributed by atoms with Crippen molar-refractivity contribution in [1.29, 1.82) is 0 Å². The summed E-state index contributed by atoms with van der Waals surface area (Å²) in [6.45, 7) is 2.25. The minimum atomic E-state index is -0.478. The highest BCUT2D eigenvalue weighted by Gasteiger charge is 2.18. The highest BCUT2D eigenvalue weighted by molar-refractivity contribution is 7.11. The molecule has 1 N–H and O–H groups in total. The van der Waals surface area contributed by atoms with Gasteiger partial charge >= 0.3 is 4.87 Å². The molecule has 0 radical (unpaired) electrons. The van der Waals surface area contributed by atoms with Gasteiger partial charge in [-0.2, -0.15) is 0 Å². The van der Waals surface area contributed by atoms with Crippen molar-refractivity contribution in [3.8, 4) is 11.1 Å².